The van der Waals surface area contributed by atoms with Crippen molar-refractivity contribution in [2.75, 3.05) is 25.6 Å². The molecular formula is C12H24N2S. The van der Waals surface area contributed by atoms with Crippen molar-refractivity contribution < 1.29 is 0 Å². The van der Waals surface area contributed by atoms with Gasteiger partial charge < -0.3 is 5.32 Å². The van der Waals surface area contributed by atoms with Crippen LogP contribution in [0.1, 0.15) is 32.1 Å². The fourth-order valence-electron chi connectivity index (χ4n) is 3.27. The maximum Gasteiger partial charge on any atom is 0.0114 e. The molecule has 0 saturated carbocycles. The van der Waals surface area contributed by atoms with E-state index in [4.69, 9.17) is 0 Å². The number of thioether (sulfide) groups is 1. The van der Waals surface area contributed by atoms with Crippen LogP contribution in [0.2, 0.25) is 0 Å². The van der Waals surface area contributed by atoms with Crippen LogP contribution in [0.3, 0.4) is 0 Å². The quantitative estimate of drug-likeness (QED) is 0.724. The second kappa shape index (κ2) is 5.55. The van der Waals surface area contributed by atoms with E-state index >= 15 is 0 Å². The van der Waals surface area contributed by atoms with Crippen molar-refractivity contribution >= 4 is 11.8 Å². The fraction of sp³-hybridized carbons (Fsp3) is 1.00. The molecule has 2 rings (SSSR count). The van der Waals surface area contributed by atoms with Gasteiger partial charge in [-0.15, -0.1) is 0 Å². The maximum absolute atomic E-state index is 3.46. The third-order valence-corrected chi connectivity index (χ3v) is 4.75. The number of nitrogens with zero attached hydrogens (tertiary/aromatic N) is 1. The molecule has 0 aromatic rings. The molecule has 2 bridgehead atoms. The second-order valence-electron chi connectivity index (χ2n) is 4.93. The van der Waals surface area contributed by atoms with E-state index in [-0.39, 0.29) is 0 Å². The smallest absolute Gasteiger partial charge is 0.0114 e. The van der Waals surface area contributed by atoms with Crippen LogP contribution in [0, 0.1) is 0 Å². The van der Waals surface area contributed by atoms with Crippen molar-refractivity contribution in [3.8, 4) is 0 Å². The lowest BCUT2D eigenvalue weighted by Gasteiger charge is -2.38. The molecule has 2 aliphatic heterocycles. The highest BCUT2D eigenvalue weighted by Gasteiger charge is 2.39. The Bertz CT molecular complexity index is 184. The highest BCUT2D eigenvalue weighted by atomic mass is 32.2. The van der Waals surface area contributed by atoms with E-state index in [0.29, 0.717) is 0 Å². The van der Waals surface area contributed by atoms with Gasteiger partial charge in [0.25, 0.3) is 0 Å². The van der Waals surface area contributed by atoms with Gasteiger partial charge in [0, 0.05) is 18.1 Å². The lowest BCUT2D eigenvalue weighted by Crippen LogP contribution is -2.48. The number of nitrogens with one attached hydrogen (secondary N) is 1. The van der Waals surface area contributed by atoms with Crippen molar-refractivity contribution in [3.05, 3.63) is 0 Å². The Morgan fingerprint density at radius 3 is 2.47 bits per heavy atom. The summed E-state index contributed by atoms with van der Waals surface area (Å²) in [7, 11) is 2.12. The van der Waals surface area contributed by atoms with Crippen LogP contribution in [-0.2, 0) is 0 Å². The van der Waals surface area contributed by atoms with E-state index in [9.17, 15) is 0 Å². The molecule has 2 nitrogen and oxygen atoms in total. The molecule has 0 radical (unpaired) electrons. The summed E-state index contributed by atoms with van der Waals surface area (Å²) in [6, 6.07) is 2.57. The summed E-state index contributed by atoms with van der Waals surface area (Å²) in [5.41, 5.74) is 0. The molecule has 2 atom stereocenters. The molecule has 2 unspecified atom stereocenters. The largest absolute Gasteiger partial charge is 0.317 e. The van der Waals surface area contributed by atoms with Crippen LogP contribution in [0.15, 0.2) is 0 Å². The van der Waals surface area contributed by atoms with Crippen molar-refractivity contribution in [1.29, 1.82) is 0 Å². The van der Waals surface area contributed by atoms with Crippen molar-refractivity contribution in [2.24, 2.45) is 0 Å². The highest BCUT2D eigenvalue weighted by Crippen LogP contribution is 2.35. The van der Waals surface area contributed by atoms with Gasteiger partial charge in [-0.25, -0.2) is 0 Å². The summed E-state index contributed by atoms with van der Waals surface area (Å²) in [5, 5.41) is 3.46. The molecule has 2 heterocycles. The van der Waals surface area contributed by atoms with E-state index in [1.165, 1.54) is 44.4 Å². The summed E-state index contributed by atoms with van der Waals surface area (Å²) in [6.07, 6.45) is 9.24. The summed E-state index contributed by atoms with van der Waals surface area (Å²) in [5.74, 6) is 1.32. The van der Waals surface area contributed by atoms with Gasteiger partial charge in [-0.2, -0.15) is 11.8 Å². The van der Waals surface area contributed by atoms with E-state index < -0.39 is 0 Å². The molecule has 15 heavy (non-hydrogen) atoms. The Morgan fingerprint density at radius 1 is 1.27 bits per heavy atom. The molecular weight excluding hydrogens is 204 g/mol. The average molecular weight is 228 g/mol. The molecule has 0 spiro atoms. The van der Waals surface area contributed by atoms with Crippen molar-refractivity contribution in [1.82, 2.24) is 10.2 Å². The molecule has 3 heteroatoms. The van der Waals surface area contributed by atoms with Gasteiger partial charge in [0.05, 0.1) is 0 Å². The van der Waals surface area contributed by atoms with Crippen LogP contribution in [0.25, 0.3) is 0 Å². The lowest BCUT2D eigenvalue weighted by molar-refractivity contribution is 0.120. The minimum Gasteiger partial charge on any atom is -0.317 e. The Morgan fingerprint density at radius 2 is 1.93 bits per heavy atom. The van der Waals surface area contributed by atoms with Crippen LogP contribution in [-0.4, -0.2) is 48.6 Å². The monoisotopic (exact) mass is 228 g/mol. The van der Waals surface area contributed by atoms with Gasteiger partial charge in [-0.1, -0.05) is 0 Å². The van der Waals surface area contributed by atoms with Gasteiger partial charge >= 0.3 is 0 Å². The van der Waals surface area contributed by atoms with E-state index in [1.807, 2.05) is 11.8 Å². The average Bonchev–Trinajstić information content (AvgIpc) is 2.51. The molecule has 88 valence electrons. The third-order valence-electron chi connectivity index (χ3n) is 4.06. The summed E-state index contributed by atoms with van der Waals surface area (Å²) >= 11 is 1.98. The number of hydrogen-bond donors (Lipinski definition) is 1. The van der Waals surface area contributed by atoms with E-state index in [1.54, 1.807) is 0 Å². The molecule has 2 aliphatic rings. The van der Waals surface area contributed by atoms with Gasteiger partial charge in [-0.05, 0) is 57.7 Å². The zero-order valence-corrected chi connectivity index (χ0v) is 10.9. The van der Waals surface area contributed by atoms with Gasteiger partial charge in [0.15, 0.2) is 0 Å². The fourth-order valence-corrected chi connectivity index (χ4v) is 3.68. The topological polar surface area (TPSA) is 15.3 Å². The maximum atomic E-state index is 3.46. The normalized spacial score (nSPS) is 36.0. The molecule has 1 N–H and O–H groups in total. The van der Waals surface area contributed by atoms with Crippen molar-refractivity contribution in [2.45, 2.75) is 50.2 Å². The molecule has 0 aromatic heterocycles. The Labute approximate surface area is 98.2 Å². The lowest BCUT2D eigenvalue weighted by atomic mass is 9.97. The Balaban J connectivity index is 1.82. The van der Waals surface area contributed by atoms with Crippen LogP contribution < -0.4 is 5.32 Å². The second-order valence-corrected chi connectivity index (χ2v) is 5.91. The highest BCUT2D eigenvalue weighted by molar-refractivity contribution is 7.98. The molecule has 0 aliphatic carbocycles. The van der Waals surface area contributed by atoms with E-state index in [0.717, 1.165) is 18.1 Å². The predicted molar refractivity (Wildman–Crippen MR) is 68.6 cm³/mol. The summed E-state index contributed by atoms with van der Waals surface area (Å²) in [4.78, 5) is 2.80. The first-order valence-corrected chi connectivity index (χ1v) is 7.66. The first-order valence-electron chi connectivity index (χ1n) is 6.27. The first-order chi connectivity index (χ1) is 7.35. The molecule has 0 amide bonds. The molecule has 2 saturated heterocycles. The van der Waals surface area contributed by atoms with Gasteiger partial charge in [0.2, 0.25) is 0 Å². The third kappa shape index (κ3) is 2.69. The number of fused-ring (bicyclic) bond motifs is 2. The SMILES string of the molecule is CNC1CC2CCC(C1)N2CCCSC. The summed E-state index contributed by atoms with van der Waals surface area (Å²) in [6.45, 7) is 1.34. The number of piperidine rings is 1. The zero-order valence-electron chi connectivity index (χ0n) is 10.0. The van der Waals surface area contributed by atoms with Gasteiger partial charge in [-0.3, -0.25) is 4.90 Å². The number of hydrogen-bond acceptors (Lipinski definition) is 3. The van der Waals surface area contributed by atoms with E-state index in [2.05, 4.69) is 23.5 Å². The molecule has 0 aromatic carbocycles. The van der Waals surface area contributed by atoms with Crippen LogP contribution >= 0.6 is 11.8 Å². The van der Waals surface area contributed by atoms with Gasteiger partial charge in [0.1, 0.15) is 0 Å². The van der Waals surface area contributed by atoms with Crippen molar-refractivity contribution in [3.63, 3.8) is 0 Å². The first kappa shape index (κ1) is 11.7. The van der Waals surface area contributed by atoms with Crippen LogP contribution in [0.5, 0.6) is 0 Å². The predicted octanol–water partition coefficient (Wildman–Crippen LogP) is 1.95. The van der Waals surface area contributed by atoms with Crippen LogP contribution in [0.4, 0.5) is 0 Å². The minimum absolute atomic E-state index is 0.791. The Kier molecular flexibility index (Phi) is 4.35. The molecule has 2 fully saturated rings. The summed E-state index contributed by atoms with van der Waals surface area (Å²) < 4.78 is 0. The Hall–Kier alpha value is 0.270. The minimum atomic E-state index is 0.791. The zero-order chi connectivity index (χ0) is 10.7. The number of rotatable bonds is 5. The standard InChI is InChI=1S/C12H24N2S/c1-13-10-8-11-4-5-12(9-10)14(11)6-3-7-15-2/h10-13H,3-9H2,1-2H3.